The molecule has 0 radical (unpaired) electrons. The summed E-state index contributed by atoms with van der Waals surface area (Å²) in [6.07, 6.45) is 2.39. The van der Waals surface area contributed by atoms with Gasteiger partial charge in [0.05, 0.1) is 11.5 Å². The molecule has 1 aliphatic rings. The van der Waals surface area contributed by atoms with Gasteiger partial charge in [0, 0.05) is 13.1 Å². The second-order valence-corrected chi connectivity index (χ2v) is 5.48. The van der Waals surface area contributed by atoms with Crippen molar-refractivity contribution in [2.24, 2.45) is 11.3 Å². The van der Waals surface area contributed by atoms with Gasteiger partial charge in [-0.3, -0.25) is 4.79 Å². The van der Waals surface area contributed by atoms with Crippen LogP contribution in [0.15, 0.2) is 0 Å². The molecule has 0 aromatic rings. The lowest BCUT2D eigenvalue weighted by atomic mass is 9.81. The molecule has 0 spiro atoms. The molecule has 100 valence electrons. The number of hydrogen-bond donors (Lipinski definition) is 3. The number of nitrogens with one attached hydrogen (secondary N) is 2. The smallest absolute Gasteiger partial charge is 0.227 e. The summed E-state index contributed by atoms with van der Waals surface area (Å²) in [4.78, 5) is 12.2. The molecule has 4 nitrogen and oxygen atoms in total. The Bertz CT molecular complexity index is 248. The van der Waals surface area contributed by atoms with Gasteiger partial charge < -0.3 is 15.7 Å². The van der Waals surface area contributed by atoms with Crippen LogP contribution < -0.4 is 10.6 Å². The predicted octanol–water partition coefficient (Wildman–Crippen LogP) is 0.899. The summed E-state index contributed by atoms with van der Waals surface area (Å²) < 4.78 is 0. The molecule has 1 rings (SSSR count). The van der Waals surface area contributed by atoms with Crippen LogP contribution in [0.4, 0.5) is 0 Å². The number of aliphatic hydroxyl groups is 1. The van der Waals surface area contributed by atoms with Gasteiger partial charge in [-0.1, -0.05) is 27.2 Å². The molecule has 0 aromatic carbocycles. The fraction of sp³-hybridized carbons (Fsp3) is 0.923. The van der Waals surface area contributed by atoms with Crippen LogP contribution in [0.5, 0.6) is 0 Å². The minimum absolute atomic E-state index is 0.101. The maximum absolute atomic E-state index is 12.2. The summed E-state index contributed by atoms with van der Waals surface area (Å²) in [7, 11) is 0. The number of hydrogen-bond acceptors (Lipinski definition) is 3. The molecule has 17 heavy (non-hydrogen) atoms. The number of aliphatic hydroxyl groups excluding tert-OH is 1. The second-order valence-electron chi connectivity index (χ2n) is 5.48. The molecular formula is C13H26N2O2. The monoisotopic (exact) mass is 242 g/mol. The van der Waals surface area contributed by atoms with Crippen molar-refractivity contribution < 1.29 is 9.90 Å². The fourth-order valence-electron chi connectivity index (χ4n) is 2.36. The predicted molar refractivity (Wildman–Crippen MR) is 68.7 cm³/mol. The van der Waals surface area contributed by atoms with E-state index in [9.17, 15) is 9.90 Å². The average Bonchev–Trinajstić information content (AvgIpc) is 2.75. The summed E-state index contributed by atoms with van der Waals surface area (Å²) in [6, 6.07) is 0. The Labute approximate surface area is 104 Å². The van der Waals surface area contributed by atoms with Crippen molar-refractivity contribution in [1.82, 2.24) is 10.6 Å². The highest BCUT2D eigenvalue weighted by molar-refractivity contribution is 5.83. The summed E-state index contributed by atoms with van der Waals surface area (Å²) in [5, 5.41) is 15.9. The van der Waals surface area contributed by atoms with Gasteiger partial charge in [-0.25, -0.2) is 0 Å². The second kappa shape index (κ2) is 6.36. The third kappa shape index (κ3) is 3.68. The van der Waals surface area contributed by atoms with Gasteiger partial charge in [0.2, 0.25) is 5.91 Å². The van der Waals surface area contributed by atoms with Gasteiger partial charge in [-0.05, 0) is 25.3 Å². The normalized spacial score (nSPS) is 26.2. The first-order valence-corrected chi connectivity index (χ1v) is 6.69. The van der Waals surface area contributed by atoms with E-state index in [1.807, 2.05) is 13.8 Å². The average molecular weight is 242 g/mol. The molecule has 2 atom stereocenters. The third-order valence-electron chi connectivity index (χ3n) is 3.70. The van der Waals surface area contributed by atoms with Gasteiger partial charge >= 0.3 is 0 Å². The van der Waals surface area contributed by atoms with E-state index in [2.05, 4.69) is 17.6 Å². The van der Waals surface area contributed by atoms with Gasteiger partial charge in [-0.2, -0.15) is 0 Å². The Hall–Kier alpha value is -0.610. The Morgan fingerprint density at radius 3 is 2.71 bits per heavy atom. The van der Waals surface area contributed by atoms with E-state index < -0.39 is 6.10 Å². The van der Waals surface area contributed by atoms with Crippen molar-refractivity contribution in [3.63, 3.8) is 0 Å². The maximum Gasteiger partial charge on any atom is 0.227 e. The minimum atomic E-state index is -0.452. The topological polar surface area (TPSA) is 61.4 Å². The number of carbonyl (C=O) groups excluding carboxylic acids is 1. The highest BCUT2D eigenvalue weighted by Gasteiger charge is 2.40. The van der Waals surface area contributed by atoms with Crippen LogP contribution in [-0.2, 0) is 4.79 Å². The van der Waals surface area contributed by atoms with Crippen molar-refractivity contribution in [3.05, 3.63) is 0 Å². The highest BCUT2D eigenvalue weighted by atomic mass is 16.3. The minimum Gasteiger partial charge on any atom is -0.391 e. The first-order valence-electron chi connectivity index (χ1n) is 6.69. The van der Waals surface area contributed by atoms with E-state index >= 15 is 0 Å². The van der Waals surface area contributed by atoms with E-state index in [1.165, 1.54) is 0 Å². The molecule has 0 aliphatic carbocycles. The zero-order valence-electron chi connectivity index (χ0n) is 11.3. The summed E-state index contributed by atoms with van der Waals surface area (Å²) >= 11 is 0. The summed E-state index contributed by atoms with van der Waals surface area (Å²) in [6.45, 7) is 8.06. The van der Waals surface area contributed by atoms with Crippen LogP contribution in [0.1, 0.15) is 40.0 Å². The molecule has 4 heteroatoms. The van der Waals surface area contributed by atoms with E-state index in [1.54, 1.807) is 0 Å². The molecule has 0 bridgehead atoms. The van der Waals surface area contributed by atoms with Crippen LogP contribution in [-0.4, -0.2) is 36.8 Å². The summed E-state index contributed by atoms with van der Waals surface area (Å²) in [5.41, 5.74) is -0.245. The van der Waals surface area contributed by atoms with Crippen LogP contribution in [0.3, 0.4) is 0 Å². The van der Waals surface area contributed by atoms with Crippen LogP contribution in [0, 0.1) is 11.3 Å². The quantitative estimate of drug-likeness (QED) is 0.648. The maximum atomic E-state index is 12.2. The molecule has 1 saturated heterocycles. The largest absolute Gasteiger partial charge is 0.391 e. The number of amides is 1. The molecule has 2 unspecified atom stereocenters. The van der Waals surface area contributed by atoms with Gasteiger partial charge in [0.1, 0.15) is 0 Å². The first-order chi connectivity index (χ1) is 8.02. The van der Waals surface area contributed by atoms with Gasteiger partial charge in [0.15, 0.2) is 0 Å². The van der Waals surface area contributed by atoms with Crippen LogP contribution >= 0.6 is 0 Å². The number of carbonyl (C=O) groups is 1. The lowest BCUT2D eigenvalue weighted by Crippen LogP contribution is -2.45. The Kier molecular flexibility index (Phi) is 5.40. The lowest BCUT2D eigenvalue weighted by molar-refractivity contribution is -0.131. The molecule has 0 saturated carbocycles. The van der Waals surface area contributed by atoms with Crippen molar-refractivity contribution in [1.29, 1.82) is 0 Å². The molecule has 1 heterocycles. The van der Waals surface area contributed by atoms with E-state index in [0.717, 1.165) is 32.4 Å². The lowest BCUT2D eigenvalue weighted by Gasteiger charge is -2.27. The zero-order valence-corrected chi connectivity index (χ0v) is 11.3. The van der Waals surface area contributed by atoms with E-state index in [4.69, 9.17) is 0 Å². The molecule has 3 N–H and O–H groups in total. The Morgan fingerprint density at radius 2 is 2.24 bits per heavy atom. The number of rotatable bonds is 6. The van der Waals surface area contributed by atoms with Crippen molar-refractivity contribution in [2.75, 3.05) is 19.6 Å². The van der Waals surface area contributed by atoms with E-state index in [0.29, 0.717) is 6.54 Å². The van der Waals surface area contributed by atoms with Crippen LogP contribution in [0.2, 0.25) is 0 Å². The molecular weight excluding hydrogens is 216 g/mol. The standard InChI is InChI=1S/C13H26N2O2/c1-4-5-13(6-7-14-9-13)12(17)15-8-11(16)10(2)3/h10-11,14,16H,4-9H2,1-3H3,(H,15,17). The zero-order chi connectivity index (χ0) is 12.9. The summed E-state index contributed by atoms with van der Waals surface area (Å²) in [5.74, 6) is 0.281. The molecule has 1 aliphatic heterocycles. The van der Waals surface area contributed by atoms with Crippen molar-refractivity contribution in [3.8, 4) is 0 Å². The van der Waals surface area contributed by atoms with Crippen molar-refractivity contribution in [2.45, 2.75) is 46.1 Å². The first kappa shape index (κ1) is 14.5. The molecule has 1 fully saturated rings. The van der Waals surface area contributed by atoms with Gasteiger partial charge in [-0.15, -0.1) is 0 Å². The fourth-order valence-corrected chi connectivity index (χ4v) is 2.36. The van der Waals surface area contributed by atoms with Crippen molar-refractivity contribution >= 4 is 5.91 Å². The van der Waals surface area contributed by atoms with Crippen LogP contribution in [0.25, 0.3) is 0 Å². The van der Waals surface area contributed by atoms with Gasteiger partial charge in [0.25, 0.3) is 0 Å². The Morgan fingerprint density at radius 1 is 1.53 bits per heavy atom. The van der Waals surface area contributed by atoms with E-state index in [-0.39, 0.29) is 17.2 Å². The molecule has 1 amide bonds. The SMILES string of the molecule is CCCC1(C(=O)NCC(O)C(C)C)CCNC1. The Balaban J connectivity index is 2.49. The molecule has 0 aromatic heterocycles. The third-order valence-corrected chi connectivity index (χ3v) is 3.70. The highest BCUT2D eigenvalue weighted by Crippen LogP contribution is 2.31.